The third kappa shape index (κ3) is 8.68. The molecule has 0 spiro atoms. The second kappa shape index (κ2) is 14.0. The second-order valence-electron chi connectivity index (χ2n) is 7.62. The van der Waals surface area contributed by atoms with Gasteiger partial charge < -0.3 is 24.8 Å². The van der Waals surface area contributed by atoms with E-state index in [1.165, 1.54) is 19.3 Å². The first-order chi connectivity index (χ1) is 13.8. The average Bonchev–Trinajstić information content (AvgIpc) is 2.71. The molecule has 0 radical (unpaired) electrons. The van der Waals surface area contributed by atoms with Crippen LogP contribution in [0.1, 0.15) is 44.1 Å². The van der Waals surface area contributed by atoms with Gasteiger partial charge in [0.2, 0.25) is 0 Å². The third-order valence-electron chi connectivity index (χ3n) is 5.44. The zero-order valence-corrected chi connectivity index (χ0v) is 19.9. The number of hydrogen-bond donors (Lipinski definition) is 2. The van der Waals surface area contributed by atoms with Crippen molar-refractivity contribution in [1.29, 1.82) is 0 Å². The number of hydrogen-bond acceptors (Lipinski definition) is 4. The molecule has 1 aromatic carbocycles. The summed E-state index contributed by atoms with van der Waals surface area (Å²) in [5, 5.41) is 6.74. The van der Waals surface area contributed by atoms with Crippen molar-refractivity contribution < 1.29 is 14.2 Å². The Balaban J connectivity index is 0.00000300. The summed E-state index contributed by atoms with van der Waals surface area (Å²) in [6, 6.07) is 8.25. The number of rotatable bonds is 10. The van der Waals surface area contributed by atoms with Crippen LogP contribution in [0, 0.1) is 5.92 Å². The van der Waals surface area contributed by atoms with Crippen LogP contribution in [-0.4, -0.2) is 52.1 Å². The summed E-state index contributed by atoms with van der Waals surface area (Å²) in [6.07, 6.45) is 7.22. The fourth-order valence-electron chi connectivity index (χ4n) is 3.38. The molecule has 2 fully saturated rings. The summed E-state index contributed by atoms with van der Waals surface area (Å²) in [6.45, 7) is 4.93. The Morgan fingerprint density at radius 2 is 1.93 bits per heavy atom. The van der Waals surface area contributed by atoms with E-state index in [0.717, 1.165) is 69.5 Å². The number of nitrogens with zero attached hydrogens (tertiary/aromatic N) is 1. The summed E-state index contributed by atoms with van der Waals surface area (Å²) in [5.41, 5.74) is 1.16. The van der Waals surface area contributed by atoms with Crippen LogP contribution in [0.2, 0.25) is 0 Å². The zero-order chi connectivity index (χ0) is 19.4. The number of nitrogens with one attached hydrogen (secondary N) is 2. The molecular weight excluding hydrogens is 481 g/mol. The molecule has 1 saturated heterocycles. The quantitative estimate of drug-likeness (QED) is 0.214. The highest BCUT2D eigenvalue weighted by Gasteiger charge is 2.20. The van der Waals surface area contributed by atoms with Gasteiger partial charge in [0, 0.05) is 52.1 Å². The first kappa shape index (κ1) is 24.2. The van der Waals surface area contributed by atoms with Crippen LogP contribution in [0.15, 0.2) is 29.3 Å². The number of para-hydroxylation sites is 1. The standard InChI is InChI=1S/C22H35N3O3.HI/c1-23-22(24-12-5-13-27-17-18-10-14-26-15-11-18)25-16-19-6-2-3-9-21(19)28-20-7-4-8-20;/h2-3,6,9,18,20H,4-5,7-8,10-17H2,1H3,(H2,23,24,25);1H. The van der Waals surface area contributed by atoms with E-state index in [2.05, 4.69) is 33.8 Å². The van der Waals surface area contributed by atoms with Crippen molar-refractivity contribution in [2.75, 3.05) is 40.0 Å². The predicted octanol–water partition coefficient (Wildman–Crippen LogP) is 3.73. The molecule has 29 heavy (non-hydrogen) atoms. The molecule has 1 heterocycles. The van der Waals surface area contributed by atoms with Crippen LogP contribution >= 0.6 is 24.0 Å². The highest BCUT2D eigenvalue weighted by atomic mass is 127. The molecular formula is C22H36IN3O3. The fourth-order valence-corrected chi connectivity index (χ4v) is 3.38. The summed E-state index contributed by atoms with van der Waals surface area (Å²) in [7, 11) is 1.80. The predicted molar refractivity (Wildman–Crippen MR) is 127 cm³/mol. The van der Waals surface area contributed by atoms with E-state index < -0.39 is 0 Å². The van der Waals surface area contributed by atoms with Gasteiger partial charge in [-0.05, 0) is 50.5 Å². The molecule has 2 N–H and O–H groups in total. The Kier molecular flexibility index (Phi) is 11.7. The number of guanidine groups is 1. The molecule has 2 aliphatic rings. The second-order valence-corrected chi connectivity index (χ2v) is 7.62. The zero-order valence-electron chi connectivity index (χ0n) is 17.5. The molecule has 0 unspecified atom stereocenters. The lowest BCUT2D eigenvalue weighted by atomic mass is 9.96. The monoisotopic (exact) mass is 517 g/mol. The SMILES string of the molecule is CN=C(NCCCOCC1CCOCC1)NCc1ccccc1OC1CCC1.I. The summed E-state index contributed by atoms with van der Waals surface area (Å²) in [4.78, 5) is 4.31. The first-order valence-corrected chi connectivity index (χ1v) is 10.7. The van der Waals surface area contributed by atoms with Gasteiger partial charge in [0.05, 0.1) is 6.10 Å². The molecule has 0 aromatic heterocycles. The minimum absolute atomic E-state index is 0. The van der Waals surface area contributed by atoms with Crippen molar-refractivity contribution in [3.63, 3.8) is 0 Å². The van der Waals surface area contributed by atoms with E-state index in [0.29, 0.717) is 18.6 Å². The molecule has 0 atom stereocenters. The molecule has 6 nitrogen and oxygen atoms in total. The maximum Gasteiger partial charge on any atom is 0.191 e. The lowest BCUT2D eigenvalue weighted by Crippen LogP contribution is -2.37. The summed E-state index contributed by atoms with van der Waals surface area (Å²) >= 11 is 0. The van der Waals surface area contributed by atoms with E-state index in [1.54, 1.807) is 7.05 Å². The van der Waals surface area contributed by atoms with Crippen LogP contribution in [-0.2, 0) is 16.0 Å². The molecule has 0 amide bonds. The van der Waals surface area contributed by atoms with E-state index in [1.807, 2.05) is 6.07 Å². The smallest absolute Gasteiger partial charge is 0.191 e. The number of benzene rings is 1. The van der Waals surface area contributed by atoms with Crippen LogP contribution in [0.5, 0.6) is 5.75 Å². The molecule has 1 aliphatic carbocycles. The normalized spacial score (nSPS) is 17.9. The molecule has 7 heteroatoms. The topological polar surface area (TPSA) is 64.1 Å². The third-order valence-corrected chi connectivity index (χ3v) is 5.44. The van der Waals surface area contributed by atoms with Crippen molar-refractivity contribution in [1.82, 2.24) is 10.6 Å². The molecule has 1 aromatic rings. The molecule has 0 bridgehead atoms. The molecule has 3 rings (SSSR count). The maximum absolute atomic E-state index is 6.10. The Hall–Kier alpha value is -1.06. The highest BCUT2D eigenvalue weighted by Crippen LogP contribution is 2.27. The van der Waals surface area contributed by atoms with Crippen molar-refractivity contribution in [2.45, 2.75) is 51.2 Å². The largest absolute Gasteiger partial charge is 0.490 e. The molecule has 1 aliphatic heterocycles. The molecule has 1 saturated carbocycles. The summed E-state index contributed by atoms with van der Waals surface area (Å²) < 4.78 is 17.3. The van der Waals surface area contributed by atoms with Gasteiger partial charge >= 0.3 is 0 Å². The number of aliphatic imine (C=N–C) groups is 1. The van der Waals surface area contributed by atoms with Crippen LogP contribution in [0.3, 0.4) is 0 Å². The lowest BCUT2D eigenvalue weighted by Gasteiger charge is -2.27. The minimum Gasteiger partial charge on any atom is -0.490 e. The Bertz CT molecular complexity index is 605. The van der Waals surface area contributed by atoms with Crippen molar-refractivity contribution in [2.24, 2.45) is 10.9 Å². The van der Waals surface area contributed by atoms with Gasteiger partial charge in [0.15, 0.2) is 5.96 Å². The number of ether oxygens (including phenoxy) is 3. The van der Waals surface area contributed by atoms with Gasteiger partial charge in [-0.15, -0.1) is 24.0 Å². The lowest BCUT2D eigenvalue weighted by molar-refractivity contribution is 0.0203. The fraction of sp³-hybridized carbons (Fsp3) is 0.682. The van der Waals surface area contributed by atoms with Crippen LogP contribution < -0.4 is 15.4 Å². The summed E-state index contributed by atoms with van der Waals surface area (Å²) in [5.74, 6) is 2.46. The maximum atomic E-state index is 6.10. The van der Waals surface area contributed by atoms with Crippen molar-refractivity contribution >= 4 is 29.9 Å². The average molecular weight is 517 g/mol. The van der Waals surface area contributed by atoms with Gasteiger partial charge in [-0.25, -0.2) is 0 Å². The highest BCUT2D eigenvalue weighted by molar-refractivity contribution is 14.0. The van der Waals surface area contributed by atoms with E-state index in [-0.39, 0.29) is 24.0 Å². The number of halogens is 1. The van der Waals surface area contributed by atoms with Gasteiger partial charge in [-0.1, -0.05) is 18.2 Å². The van der Waals surface area contributed by atoms with Gasteiger partial charge in [0.1, 0.15) is 5.75 Å². The molecule has 164 valence electrons. The van der Waals surface area contributed by atoms with Gasteiger partial charge in [-0.2, -0.15) is 0 Å². The Morgan fingerprint density at radius 3 is 2.66 bits per heavy atom. The minimum atomic E-state index is 0. The van der Waals surface area contributed by atoms with Crippen LogP contribution in [0.25, 0.3) is 0 Å². The van der Waals surface area contributed by atoms with E-state index >= 15 is 0 Å². The van der Waals surface area contributed by atoms with Crippen LogP contribution in [0.4, 0.5) is 0 Å². The van der Waals surface area contributed by atoms with Gasteiger partial charge in [0.25, 0.3) is 0 Å². The van der Waals surface area contributed by atoms with Crippen molar-refractivity contribution in [3.05, 3.63) is 29.8 Å². The Labute approximate surface area is 192 Å². The van der Waals surface area contributed by atoms with E-state index in [9.17, 15) is 0 Å². The van der Waals surface area contributed by atoms with Gasteiger partial charge in [-0.3, -0.25) is 4.99 Å². The Morgan fingerprint density at radius 1 is 1.14 bits per heavy atom. The van der Waals surface area contributed by atoms with E-state index in [4.69, 9.17) is 14.2 Å². The van der Waals surface area contributed by atoms with Crippen molar-refractivity contribution in [3.8, 4) is 5.75 Å². The first-order valence-electron chi connectivity index (χ1n) is 10.7.